The standard InChI is InChI=1S/C13H16N4O3/c14-13(18)8-1-2-10(17(19)20)11(5-8)16-4-3-9-6-15-7-12(9)16/h1-2,5,9,12,15H,3-4,6-7H2,(H2,14,18)/t9-,12+/m0/s1. The predicted octanol–water partition coefficient (Wildman–Crippen LogP) is 0.492. The van der Waals surface area contributed by atoms with Crippen LogP contribution in [0.5, 0.6) is 0 Å². The molecule has 2 atom stereocenters. The number of nitro groups is 1. The maximum absolute atomic E-state index is 11.3. The van der Waals surface area contributed by atoms with Crippen molar-refractivity contribution in [1.29, 1.82) is 0 Å². The minimum absolute atomic E-state index is 0.0301. The molecule has 1 aromatic carbocycles. The zero-order chi connectivity index (χ0) is 14.3. The van der Waals surface area contributed by atoms with Gasteiger partial charge >= 0.3 is 0 Å². The van der Waals surface area contributed by atoms with Crippen LogP contribution in [0.3, 0.4) is 0 Å². The summed E-state index contributed by atoms with van der Waals surface area (Å²) in [6, 6.07) is 4.58. The summed E-state index contributed by atoms with van der Waals surface area (Å²) in [5.41, 5.74) is 6.11. The minimum atomic E-state index is -0.568. The first-order valence-corrected chi connectivity index (χ1v) is 6.63. The van der Waals surface area contributed by atoms with Crippen molar-refractivity contribution in [3.8, 4) is 0 Å². The van der Waals surface area contributed by atoms with Gasteiger partial charge in [-0.2, -0.15) is 0 Å². The second kappa shape index (κ2) is 4.75. The molecule has 7 nitrogen and oxygen atoms in total. The number of benzene rings is 1. The normalized spacial score (nSPS) is 24.7. The van der Waals surface area contributed by atoms with Crippen LogP contribution in [0.2, 0.25) is 0 Å². The topological polar surface area (TPSA) is 102 Å². The fraction of sp³-hybridized carbons (Fsp3) is 0.462. The van der Waals surface area contributed by atoms with Crippen LogP contribution in [0.4, 0.5) is 11.4 Å². The van der Waals surface area contributed by atoms with E-state index in [0.717, 1.165) is 26.1 Å². The number of nitrogens with zero attached hydrogens (tertiary/aromatic N) is 2. The molecule has 0 radical (unpaired) electrons. The lowest BCUT2D eigenvalue weighted by Crippen LogP contribution is -2.34. The molecule has 1 aromatic rings. The van der Waals surface area contributed by atoms with Crippen LogP contribution in [0.1, 0.15) is 16.8 Å². The molecule has 2 saturated heterocycles. The molecule has 0 aromatic heterocycles. The number of amides is 1. The number of primary amides is 1. The molecule has 3 N–H and O–H groups in total. The van der Waals surface area contributed by atoms with Gasteiger partial charge in [0, 0.05) is 37.3 Å². The maximum atomic E-state index is 11.3. The zero-order valence-corrected chi connectivity index (χ0v) is 10.9. The molecule has 2 fully saturated rings. The van der Waals surface area contributed by atoms with Crippen LogP contribution in [0.25, 0.3) is 0 Å². The average molecular weight is 276 g/mol. The molecule has 0 spiro atoms. The quantitative estimate of drug-likeness (QED) is 0.618. The third-order valence-electron chi connectivity index (χ3n) is 4.21. The molecule has 3 rings (SSSR count). The van der Waals surface area contributed by atoms with E-state index in [4.69, 9.17) is 5.73 Å². The van der Waals surface area contributed by atoms with Gasteiger partial charge in [-0.3, -0.25) is 14.9 Å². The number of fused-ring (bicyclic) bond motifs is 1. The fourth-order valence-corrected chi connectivity index (χ4v) is 3.21. The van der Waals surface area contributed by atoms with Crippen molar-refractivity contribution in [3.63, 3.8) is 0 Å². The van der Waals surface area contributed by atoms with Gasteiger partial charge in [-0.15, -0.1) is 0 Å². The smallest absolute Gasteiger partial charge is 0.292 e. The van der Waals surface area contributed by atoms with Gasteiger partial charge in [-0.05, 0) is 24.5 Å². The van der Waals surface area contributed by atoms with E-state index in [1.807, 2.05) is 4.90 Å². The van der Waals surface area contributed by atoms with Crippen molar-refractivity contribution in [3.05, 3.63) is 33.9 Å². The molecular weight excluding hydrogens is 260 g/mol. The van der Waals surface area contributed by atoms with Crippen LogP contribution in [0, 0.1) is 16.0 Å². The van der Waals surface area contributed by atoms with E-state index in [-0.39, 0.29) is 11.7 Å². The highest BCUT2D eigenvalue weighted by atomic mass is 16.6. The van der Waals surface area contributed by atoms with E-state index in [2.05, 4.69) is 5.32 Å². The lowest BCUT2D eigenvalue weighted by atomic mass is 10.0. The molecule has 1 amide bonds. The third kappa shape index (κ3) is 2.00. The van der Waals surface area contributed by atoms with Crippen LogP contribution in [-0.4, -0.2) is 36.5 Å². The summed E-state index contributed by atoms with van der Waals surface area (Å²) in [5, 5.41) is 14.5. The minimum Gasteiger partial charge on any atom is -0.366 e. The Bertz CT molecular complexity index is 575. The van der Waals surface area contributed by atoms with Gasteiger partial charge < -0.3 is 16.0 Å². The van der Waals surface area contributed by atoms with Gasteiger partial charge in [-0.1, -0.05) is 0 Å². The predicted molar refractivity (Wildman–Crippen MR) is 73.7 cm³/mol. The van der Waals surface area contributed by atoms with Crippen molar-refractivity contribution >= 4 is 17.3 Å². The molecular formula is C13H16N4O3. The molecule has 2 heterocycles. The Morgan fingerprint density at radius 2 is 2.25 bits per heavy atom. The summed E-state index contributed by atoms with van der Waals surface area (Å²) in [6.45, 7) is 2.55. The summed E-state index contributed by atoms with van der Waals surface area (Å²) in [5.74, 6) is -0.0479. The van der Waals surface area contributed by atoms with Crippen LogP contribution in [0.15, 0.2) is 18.2 Å². The Balaban J connectivity index is 2.03. The number of hydrogen-bond donors (Lipinski definition) is 2. The lowest BCUT2D eigenvalue weighted by Gasteiger charge is -2.25. The third-order valence-corrected chi connectivity index (χ3v) is 4.21. The van der Waals surface area contributed by atoms with Gasteiger partial charge in [-0.25, -0.2) is 0 Å². The van der Waals surface area contributed by atoms with Crippen molar-refractivity contribution in [2.24, 2.45) is 11.7 Å². The van der Waals surface area contributed by atoms with Gasteiger partial charge in [0.1, 0.15) is 5.69 Å². The molecule has 0 aliphatic carbocycles. The zero-order valence-electron chi connectivity index (χ0n) is 10.9. The lowest BCUT2D eigenvalue weighted by molar-refractivity contribution is -0.384. The van der Waals surface area contributed by atoms with E-state index in [1.54, 1.807) is 6.07 Å². The Morgan fingerprint density at radius 3 is 2.95 bits per heavy atom. The maximum Gasteiger partial charge on any atom is 0.292 e. The van der Waals surface area contributed by atoms with Crippen molar-refractivity contribution in [1.82, 2.24) is 5.32 Å². The van der Waals surface area contributed by atoms with Gasteiger partial charge in [0.15, 0.2) is 0 Å². The van der Waals surface area contributed by atoms with Crippen molar-refractivity contribution < 1.29 is 9.72 Å². The SMILES string of the molecule is NC(=O)c1ccc([N+](=O)[O-])c(N2CC[C@H]3CNC[C@H]32)c1. The monoisotopic (exact) mass is 276 g/mol. The summed E-state index contributed by atoms with van der Waals surface area (Å²) in [7, 11) is 0. The van der Waals surface area contributed by atoms with Gasteiger partial charge in [0.05, 0.1) is 4.92 Å². The fourth-order valence-electron chi connectivity index (χ4n) is 3.21. The molecule has 2 aliphatic rings. The number of anilines is 1. The average Bonchev–Trinajstić information content (AvgIpc) is 3.00. The number of carbonyl (C=O) groups excluding carboxylic acids is 1. The van der Waals surface area contributed by atoms with E-state index >= 15 is 0 Å². The van der Waals surface area contributed by atoms with Crippen LogP contribution >= 0.6 is 0 Å². The second-order valence-corrected chi connectivity index (χ2v) is 5.29. The van der Waals surface area contributed by atoms with Crippen LogP contribution < -0.4 is 16.0 Å². The molecule has 106 valence electrons. The van der Waals surface area contributed by atoms with Crippen LogP contribution in [-0.2, 0) is 0 Å². The Morgan fingerprint density at radius 1 is 1.45 bits per heavy atom. The highest BCUT2D eigenvalue weighted by molar-refractivity contribution is 5.94. The largest absolute Gasteiger partial charge is 0.366 e. The number of rotatable bonds is 3. The van der Waals surface area contributed by atoms with Crippen molar-refractivity contribution in [2.75, 3.05) is 24.5 Å². The second-order valence-electron chi connectivity index (χ2n) is 5.29. The number of carbonyl (C=O) groups is 1. The summed E-state index contributed by atoms with van der Waals surface area (Å²) >= 11 is 0. The van der Waals surface area contributed by atoms with E-state index < -0.39 is 10.8 Å². The Kier molecular flexibility index (Phi) is 3.06. The summed E-state index contributed by atoms with van der Waals surface area (Å²) < 4.78 is 0. The Labute approximate surface area is 115 Å². The Hall–Kier alpha value is -2.15. The van der Waals surface area contributed by atoms with Crippen molar-refractivity contribution in [2.45, 2.75) is 12.5 Å². The molecule has 0 unspecified atom stereocenters. The highest BCUT2D eigenvalue weighted by Crippen LogP contribution is 2.37. The molecule has 7 heteroatoms. The number of nitrogens with two attached hydrogens (primary N) is 1. The van der Waals surface area contributed by atoms with Gasteiger partial charge in [0.2, 0.25) is 5.91 Å². The van der Waals surface area contributed by atoms with Gasteiger partial charge in [0.25, 0.3) is 5.69 Å². The molecule has 2 aliphatic heterocycles. The first-order valence-electron chi connectivity index (χ1n) is 6.63. The summed E-state index contributed by atoms with van der Waals surface area (Å²) in [4.78, 5) is 24.1. The molecule has 0 saturated carbocycles. The molecule has 0 bridgehead atoms. The number of nitro benzene ring substituents is 1. The highest BCUT2D eigenvalue weighted by Gasteiger charge is 2.39. The molecule has 20 heavy (non-hydrogen) atoms. The first kappa shape index (κ1) is 12.9. The summed E-state index contributed by atoms with van der Waals surface area (Å²) in [6.07, 6.45) is 1.01. The van der Waals surface area contributed by atoms with E-state index in [0.29, 0.717) is 17.2 Å². The van der Waals surface area contributed by atoms with E-state index in [1.165, 1.54) is 12.1 Å². The number of nitrogens with one attached hydrogen (secondary N) is 1. The van der Waals surface area contributed by atoms with E-state index in [9.17, 15) is 14.9 Å². The first-order chi connectivity index (χ1) is 9.58. The number of hydrogen-bond acceptors (Lipinski definition) is 5.